The van der Waals surface area contributed by atoms with Gasteiger partial charge in [-0.15, -0.1) is 11.3 Å². The number of rotatable bonds is 5. The van der Waals surface area contributed by atoms with Crippen molar-refractivity contribution >= 4 is 48.9 Å². The molecular formula is C13H14BrClN2O2S2. The number of thiophene rings is 1. The molecule has 2 rings (SSSR count). The van der Waals surface area contributed by atoms with Crippen LogP contribution in [-0.4, -0.2) is 8.42 Å². The maximum Gasteiger partial charge on any atom is 0.238 e. The van der Waals surface area contributed by atoms with Gasteiger partial charge in [0.05, 0.1) is 4.90 Å². The molecular weight excluding hydrogens is 396 g/mol. The Kier molecular flexibility index (Phi) is 5.45. The van der Waals surface area contributed by atoms with Gasteiger partial charge in [0.1, 0.15) is 4.34 Å². The lowest BCUT2D eigenvalue weighted by Gasteiger charge is -2.14. The number of benzene rings is 1. The molecule has 1 aromatic carbocycles. The molecule has 0 saturated heterocycles. The van der Waals surface area contributed by atoms with Crippen LogP contribution >= 0.6 is 38.9 Å². The van der Waals surface area contributed by atoms with Crippen LogP contribution in [0.3, 0.4) is 0 Å². The zero-order valence-electron chi connectivity index (χ0n) is 11.1. The smallest absolute Gasteiger partial charge is 0.238 e. The fourth-order valence-electron chi connectivity index (χ4n) is 1.80. The highest BCUT2D eigenvalue weighted by Crippen LogP contribution is 2.32. The van der Waals surface area contributed by atoms with Gasteiger partial charge in [-0.25, -0.2) is 13.6 Å². The summed E-state index contributed by atoms with van der Waals surface area (Å²) in [5, 5.41) is 8.44. The van der Waals surface area contributed by atoms with Crippen LogP contribution < -0.4 is 10.5 Å². The molecule has 0 fully saturated rings. The Bertz CT molecular complexity index is 710. The standard InChI is InChI=1S/C13H14BrClN2O2S2/c1-8(17-7-10-6-12(14)13(15)20-10)9-2-4-11(5-3-9)21(16,18)19/h2-6,8,17H,7H2,1H3,(H2,16,18,19). The molecule has 1 heterocycles. The van der Waals surface area contributed by atoms with Crippen LogP contribution in [0.15, 0.2) is 39.7 Å². The minimum Gasteiger partial charge on any atom is -0.305 e. The third-order valence-electron chi connectivity index (χ3n) is 2.99. The Labute approximate surface area is 141 Å². The van der Waals surface area contributed by atoms with E-state index in [-0.39, 0.29) is 10.9 Å². The Balaban J connectivity index is 2.01. The first kappa shape index (κ1) is 16.9. The number of primary sulfonamides is 1. The molecule has 0 radical (unpaired) electrons. The van der Waals surface area contributed by atoms with Crippen LogP contribution in [0.2, 0.25) is 4.34 Å². The van der Waals surface area contributed by atoms with Crippen molar-refractivity contribution < 1.29 is 8.42 Å². The van der Waals surface area contributed by atoms with Gasteiger partial charge in [0.25, 0.3) is 0 Å². The SMILES string of the molecule is CC(NCc1cc(Br)c(Cl)s1)c1ccc(S(N)(=O)=O)cc1. The molecule has 0 saturated carbocycles. The second-order valence-corrected chi connectivity index (χ2v) is 8.71. The number of sulfonamides is 1. The molecule has 3 N–H and O–H groups in total. The molecule has 0 bridgehead atoms. The molecule has 4 nitrogen and oxygen atoms in total. The van der Waals surface area contributed by atoms with Crippen LogP contribution in [0.1, 0.15) is 23.4 Å². The second kappa shape index (κ2) is 6.76. The fraction of sp³-hybridized carbons (Fsp3) is 0.231. The summed E-state index contributed by atoms with van der Waals surface area (Å²) >= 11 is 10.9. The summed E-state index contributed by atoms with van der Waals surface area (Å²) in [6, 6.07) is 8.61. The van der Waals surface area contributed by atoms with E-state index in [1.807, 2.05) is 13.0 Å². The van der Waals surface area contributed by atoms with Crippen molar-refractivity contribution in [3.63, 3.8) is 0 Å². The molecule has 1 atom stereocenters. The van der Waals surface area contributed by atoms with Gasteiger partial charge in [0.15, 0.2) is 0 Å². The van der Waals surface area contributed by atoms with Crippen molar-refractivity contribution in [2.45, 2.75) is 24.4 Å². The predicted octanol–water partition coefficient (Wildman–Crippen LogP) is 3.66. The maximum absolute atomic E-state index is 11.2. The van der Waals surface area contributed by atoms with E-state index in [0.29, 0.717) is 6.54 Å². The number of nitrogens with two attached hydrogens (primary N) is 1. The van der Waals surface area contributed by atoms with Crippen molar-refractivity contribution in [3.05, 3.63) is 49.6 Å². The second-order valence-electron chi connectivity index (χ2n) is 4.55. The first-order valence-electron chi connectivity index (χ1n) is 6.07. The topological polar surface area (TPSA) is 72.2 Å². The summed E-state index contributed by atoms with van der Waals surface area (Å²) in [5.74, 6) is 0. The molecule has 114 valence electrons. The normalized spacial score (nSPS) is 13.3. The lowest BCUT2D eigenvalue weighted by atomic mass is 10.1. The van der Waals surface area contributed by atoms with Crippen molar-refractivity contribution in [3.8, 4) is 0 Å². The summed E-state index contributed by atoms with van der Waals surface area (Å²) in [5.41, 5.74) is 0.990. The number of hydrogen-bond donors (Lipinski definition) is 2. The van der Waals surface area contributed by atoms with Gasteiger partial charge >= 0.3 is 0 Å². The quantitative estimate of drug-likeness (QED) is 0.791. The highest BCUT2D eigenvalue weighted by Gasteiger charge is 2.11. The average Bonchev–Trinajstić information content (AvgIpc) is 2.74. The molecule has 0 aliphatic heterocycles. The van der Waals surface area contributed by atoms with Crippen molar-refractivity contribution in [2.75, 3.05) is 0 Å². The summed E-state index contributed by atoms with van der Waals surface area (Å²) in [6.45, 7) is 2.70. The van der Waals surface area contributed by atoms with Crippen LogP contribution in [0.25, 0.3) is 0 Å². The molecule has 1 unspecified atom stereocenters. The van der Waals surface area contributed by atoms with Crippen molar-refractivity contribution in [1.82, 2.24) is 5.32 Å². The molecule has 2 aromatic rings. The van der Waals surface area contributed by atoms with Gasteiger partial charge in [0, 0.05) is 21.9 Å². The monoisotopic (exact) mass is 408 g/mol. The molecule has 0 spiro atoms. The number of nitrogens with one attached hydrogen (secondary N) is 1. The zero-order chi connectivity index (χ0) is 15.6. The van der Waals surface area contributed by atoms with Crippen molar-refractivity contribution in [2.24, 2.45) is 5.14 Å². The zero-order valence-corrected chi connectivity index (χ0v) is 15.1. The minimum absolute atomic E-state index is 0.0826. The Morgan fingerprint density at radius 1 is 1.38 bits per heavy atom. The number of hydrogen-bond acceptors (Lipinski definition) is 4. The van der Waals surface area contributed by atoms with E-state index in [0.717, 1.165) is 19.2 Å². The Hall–Kier alpha value is -0.440. The molecule has 21 heavy (non-hydrogen) atoms. The number of halogens is 2. The molecule has 0 aliphatic rings. The van der Waals surface area contributed by atoms with Gasteiger partial charge in [-0.3, -0.25) is 0 Å². The van der Waals surface area contributed by atoms with Gasteiger partial charge in [0.2, 0.25) is 10.0 Å². The highest BCUT2D eigenvalue weighted by atomic mass is 79.9. The lowest BCUT2D eigenvalue weighted by Crippen LogP contribution is -2.18. The van der Waals surface area contributed by atoms with E-state index in [1.165, 1.54) is 23.5 Å². The Morgan fingerprint density at radius 3 is 2.48 bits per heavy atom. The maximum atomic E-state index is 11.2. The first-order chi connectivity index (χ1) is 9.77. The van der Waals surface area contributed by atoms with Gasteiger partial charge in [-0.2, -0.15) is 0 Å². The van der Waals surface area contributed by atoms with Crippen LogP contribution in [0, 0.1) is 0 Å². The molecule has 0 aliphatic carbocycles. The highest BCUT2D eigenvalue weighted by molar-refractivity contribution is 9.10. The van der Waals surface area contributed by atoms with Gasteiger partial charge in [-0.1, -0.05) is 23.7 Å². The van der Waals surface area contributed by atoms with Crippen molar-refractivity contribution in [1.29, 1.82) is 0 Å². The summed E-state index contributed by atoms with van der Waals surface area (Å²) in [6.07, 6.45) is 0. The lowest BCUT2D eigenvalue weighted by molar-refractivity contribution is 0.577. The minimum atomic E-state index is -3.64. The molecule has 0 amide bonds. The molecule has 8 heteroatoms. The van der Waals surface area contributed by atoms with E-state index >= 15 is 0 Å². The van der Waals surface area contributed by atoms with Crippen LogP contribution in [-0.2, 0) is 16.6 Å². The largest absolute Gasteiger partial charge is 0.305 e. The van der Waals surface area contributed by atoms with Gasteiger partial charge < -0.3 is 5.32 Å². The van der Waals surface area contributed by atoms with E-state index in [9.17, 15) is 8.42 Å². The van der Waals surface area contributed by atoms with E-state index in [1.54, 1.807) is 12.1 Å². The summed E-state index contributed by atoms with van der Waals surface area (Å²) in [7, 11) is -3.64. The van der Waals surface area contributed by atoms with Crippen LogP contribution in [0.5, 0.6) is 0 Å². The van der Waals surface area contributed by atoms with E-state index in [2.05, 4.69) is 21.2 Å². The Morgan fingerprint density at radius 2 is 2.00 bits per heavy atom. The summed E-state index contributed by atoms with van der Waals surface area (Å²) < 4.78 is 24.0. The van der Waals surface area contributed by atoms with E-state index in [4.69, 9.17) is 16.7 Å². The summed E-state index contributed by atoms with van der Waals surface area (Å²) in [4.78, 5) is 1.24. The van der Waals surface area contributed by atoms with Crippen LogP contribution in [0.4, 0.5) is 0 Å². The van der Waals surface area contributed by atoms with E-state index < -0.39 is 10.0 Å². The average molecular weight is 410 g/mol. The molecule has 1 aromatic heterocycles. The predicted molar refractivity (Wildman–Crippen MR) is 90.1 cm³/mol. The fourth-order valence-corrected chi connectivity index (χ4v) is 4.05. The first-order valence-corrected chi connectivity index (χ1v) is 9.60. The third-order valence-corrected chi connectivity index (χ3v) is 6.39. The third kappa shape index (κ3) is 4.51. The van der Waals surface area contributed by atoms with Gasteiger partial charge in [-0.05, 0) is 46.6 Å².